The number of rotatable bonds is 5. The van der Waals surface area contributed by atoms with Gasteiger partial charge in [-0.25, -0.2) is 0 Å². The van der Waals surface area contributed by atoms with E-state index in [-0.39, 0.29) is 31.1 Å². The van der Waals surface area contributed by atoms with Crippen molar-refractivity contribution in [3.05, 3.63) is 60.2 Å². The van der Waals surface area contributed by atoms with E-state index in [1.165, 1.54) is 4.90 Å². The molecule has 1 saturated carbocycles. The lowest BCUT2D eigenvalue weighted by Crippen LogP contribution is -2.58. The first-order chi connectivity index (χ1) is 19.0. The highest BCUT2D eigenvalue weighted by Crippen LogP contribution is 2.59. The van der Waals surface area contributed by atoms with Gasteiger partial charge in [0.1, 0.15) is 23.2 Å². The topological polar surface area (TPSA) is 96.4 Å². The van der Waals surface area contributed by atoms with Gasteiger partial charge in [0.05, 0.1) is 25.2 Å². The SMILES string of the molecule is CC[C@]12C=CCCOC(=O)[C@H]1[C@H]1C(=O)N([C@H](CO)c3ccccc3)C3C(=O)N(C4CCCCC4)CC=C[C@@]31O2. The molecule has 0 aromatic heterocycles. The molecule has 1 aliphatic carbocycles. The Labute approximate surface area is 229 Å². The molecule has 4 heterocycles. The summed E-state index contributed by atoms with van der Waals surface area (Å²) in [5.41, 5.74) is -1.68. The summed E-state index contributed by atoms with van der Waals surface area (Å²) in [6.07, 6.45) is 13.9. The third-order valence-electron chi connectivity index (χ3n) is 9.58. The Morgan fingerprint density at radius 1 is 1.00 bits per heavy atom. The second kappa shape index (κ2) is 10.2. The Kier molecular flexibility index (Phi) is 6.88. The summed E-state index contributed by atoms with van der Waals surface area (Å²) in [7, 11) is 0. The van der Waals surface area contributed by atoms with E-state index in [4.69, 9.17) is 9.47 Å². The van der Waals surface area contributed by atoms with E-state index in [9.17, 15) is 19.5 Å². The normalized spacial score (nSPS) is 35.5. The van der Waals surface area contributed by atoms with Crippen molar-refractivity contribution >= 4 is 17.8 Å². The number of ether oxygens (including phenoxy) is 2. The average Bonchev–Trinajstić information content (AvgIpc) is 3.30. The molecule has 1 aromatic carbocycles. The van der Waals surface area contributed by atoms with Crippen LogP contribution in [0.5, 0.6) is 0 Å². The van der Waals surface area contributed by atoms with E-state index in [0.29, 0.717) is 19.4 Å². The van der Waals surface area contributed by atoms with Gasteiger partial charge in [0.25, 0.3) is 0 Å². The van der Waals surface area contributed by atoms with Gasteiger partial charge in [-0.1, -0.05) is 80.8 Å². The van der Waals surface area contributed by atoms with Crippen LogP contribution in [0.3, 0.4) is 0 Å². The Balaban J connectivity index is 1.52. The second-order valence-electron chi connectivity index (χ2n) is 11.5. The zero-order valence-corrected chi connectivity index (χ0v) is 22.5. The van der Waals surface area contributed by atoms with E-state index >= 15 is 0 Å². The fraction of sp³-hybridized carbons (Fsp3) is 0.581. The van der Waals surface area contributed by atoms with Crippen molar-refractivity contribution in [2.45, 2.75) is 81.2 Å². The van der Waals surface area contributed by atoms with Gasteiger partial charge in [-0.15, -0.1) is 0 Å². The monoisotopic (exact) mass is 534 g/mol. The molecule has 3 fully saturated rings. The van der Waals surface area contributed by atoms with Crippen LogP contribution in [0.4, 0.5) is 0 Å². The van der Waals surface area contributed by atoms with Crippen LogP contribution in [0.1, 0.15) is 63.5 Å². The molecule has 4 aliphatic heterocycles. The number of carbonyl (C=O) groups excluding carboxylic acids is 3. The number of likely N-dealkylation sites (tertiary alicyclic amines) is 1. The smallest absolute Gasteiger partial charge is 0.313 e. The number of aliphatic hydroxyl groups excluding tert-OH is 1. The molecule has 8 nitrogen and oxygen atoms in total. The Bertz CT molecular complexity index is 1180. The molecule has 2 saturated heterocycles. The Morgan fingerprint density at radius 3 is 2.49 bits per heavy atom. The van der Waals surface area contributed by atoms with Crippen LogP contribution in [0, 0.1) is 11.8 Å². The highest BCUT2D eigenvalue weighted by molar-refractivity contribution is 5.99. The van der Waals surface area contributed by atoms with Gasteiger partial charge in [0, 0.05) is 12.6 Å². The first kappa shape index (κ1) is 26.3. The van der Waals surface area contributed by atoms with E-state index < -0.39 is 41.1 Å². The van der Waals surface area contributed by atoms with Crippen LogP contribution in [0.25, 0.3) is 0 Å². The van der Waals surface area contributed by atoms with Gasteiger partial charge >= 0.3 is 5.97 Å². The van der Waals surface area contributed by atoms with Gasteiger partial charge < -0.3 is 24.4 Å². The minimum Gasteiger partial charge on any atom is -0.465 e. The number of carbonyl (C=O) groups is 3. The van der Waals surface area contributed by atoms with Crippen molar-refractivity contribution in [2.24, 2.45) is 11.8 Å². The van der Waals surface area contributed by atoms with Gasteiger partial charge in [-0.05, 0) is 31.2 Å². The van der Waals surface area contributed by atoms with Crippen LogP contribution in [-0.4, -0.2) is 75.7 Å². The van der Waals surface area contributed by atoms with Crippen LogP contribution in [-0.2, 0) is 23.9 Å². The number of hydrogen-bond donors (Lipinski definition) is 1. The van der Waals surface area contributed by atoms with Crippen molar-refractivity contribution < 1.29 is 29.0 Å². The predicted molar refractivity (Wildman–Crippen MR) is 143 cm³/mol. The third-order valence-corrected chi connectivity index (χ3v) is 9.58. The molecule has 39 heavy (non-hydrogen) atoms. The number of hydrogen-bond acceptors (Lipinski definition) is 6. The molecule has 8 heteroatoms. The zero-order valence-electron chi connectivity index (χ0n) is 22.5. The molecule has 6 atom stereocenters. The molecule has 2 amide bonds. The highest BCUT2D eigenvalue weighted by atomic mass is 16.6. The number of cyclic esters (lactones) is 1. The van der Waals surface area contributed by atoms with E-state index in [1.54, 1.807) is 0 Å². The van der Waals surface area contributed by atoms with Crippen LogP contribution >= 0.6 is 0 Å². The standard InChI is InChI=1S/C31H38N2O6/c1-2-30-16-9-10-19-38-29(37)25(30)24-27(35)33(23(20-34)21-12-5-3-6-13-21)26-28(36)32(22-14-7-4-8-15-22)18-11-17-31(24,26)39-30/h3,5-6,9,11-13,16-17,22-26,34H,2,4,7-8,10,14-15,18-20H2,1H3/t23-,24+,25-,26?,30+,31+/m1/s1. The molecule has 5 aliphatic rings. The quantitative estimate of drug-likeness (QED) is 0.460. The molecular weight excluding hydrogens is 496 g/mol. The maximum atomic E-state index is 14.7. The molecule has 1 N–H and O–H groups in total. The Hall–Kier alpha value is -2.97. The summed E-state index contributed by atoms with van der Waals surface area (Å²) < 4.78 is 12.6. The molecule has 1 spiro atoms. The number of amides is 2. The lowest BCUT2D eigenvalue weighted by molar-refractivity contribution is -0.164. The molecular formula is C31H38N2O6. The average molecular weight is 535 g/mol. The minimum atomic E-state index is -1.35. The molecule has 208 valence electrons. The van der Waals surface area contributed by atoms with Crippen molar-refractivity contribution in [3.8, 4) is 0 Å². The van der Waals surface area contributed by atoms with Crippen molar-refractivity contribution in [1.29, 1.82) is 0 Å². The minimum absolute atomic E-state index is 0.0893. The molecule has 1 aromatic rings. The molecule has 6 rings (SSSR count). The first-order valence-corrected chi connectivity index (χ1v) is 14.5. The molecule has 1 unspecified atom stereocenters. The van der Waals surface area contributed by atoms with Crippen LogP contribution in [0.15, 0.2) is 54.6 Å². The summed E-state index contributed by atoms with van der Waals surface area (Å²) in [6, 6.07) is 7.62. The summed E-state index contributed by atoms with van der Waals surface area (Å²) in [4.78, 5) is 46.3. The van der Waals surface area contributed by atoms with Crippen molar-refractivity contribution in [2.75, 3.05) is 19.8 Å². The predicted octanol–water partition coefficient (Wildman–Crippen LogP) is 3.32. The highest BCUT2D eigenvalue weighted by Gasteiger charge is 2.76. The Morgan fingerprint density at radius 2 is 1.77 bits per heavy atom. The summed E-state index contributed by atoms with van der Waals surface area (Å²) in [6.45, 7) is 2.25. The number of fused-ring (bicyclic) bond motifs is 2. The van der Waals surface area contributed by atoms with Crippen LogP contribution < -0.4 is 0 Å². The summed E-state index contributed by atoms with van der Waals surface area (Å²) in [5.74, 6) is -2.83. The number of aliphatic hydroxyl groups is 1. The molecule has 0 radical (unpaired) electrons. The maximum absolute atomic E-state index is 14.7. The zero-order chi connectivity index (χ0) is 27.2. The maximum Gasteiger partial charge on any atom is 0.313 e. The van der Waals surface area contributed by atoms with E-state index in [0.717, 1.165) is 37.7 Å². The van der Waals surface area contributed by atoms with E-state index in [2.05, 4.69) is 0 Å². The van der Waals surface area contributed by atoms with Gasteiger partial charge in [-0.3, -0.25) is 14.4 Å². The summed E-state index contributed by atoms with van der Waals surface area (Å²) >= 11 is 0. The number of benzene rings is 1. The fourth-order valence-corrected chi connectivity index (χ4v) is 7.77. The molecule has 0 bridgehead atoms. The van der Waals surface area contributed by atoms with Crippen molar-refractivity contribution in [3.63, 3.8) is 0 Å². The fourth-order valence-electron chi connectivity index (χ4n) is 7.77. The first-order valence-electron chi connectivity index (χ1n) is 14.5. The van der Waals surface area contributed by atoms with Gasteiger partial charge in [-0.2, -0.15) is 0 Å². The lowest BCUT2D eigenvalue weighted by Gasteiger charge is -2.42. The largest absolute Gasteiger partial charge is 0.465 e. The number of nitrogens with zero attached hydrogens (tertiary/aromatic N) is 2. The van der Waals surface area contributed by atoms with Gasteiger partial charge in [0.2, 0.25) is 11.8 Å². The van der Waals surface area contributed by atoms with E-state index in [1.807, 2.05) is 66.5 Å². The number of esters is 1. The third kappa shape index (κ3) is 3.98. The lowest BCUT2D eigenvalue weighted by atomic mass is 9.73. The van der Waals surface area contributed by atoms with Crippen LogP contribution in [0.2, 0.25) is 0 Å². The van der Waals surface area contributed by atoms with Crippen molar-refractivity contribution in [1.82, 2.24) is 9.80 Å². The second-order valence-corrected chi connectivity index (χ2v) is 11.5. The summed E-state index contributed by atoms with van der Waals surface area (Å²) in [5, 5.41) is 10.7. The van der Waals surface area contributed by atoms with Gasteiger partial charge in [0.15, 0.2) is 0 Å².